The number of morpholine rings is 1. The molecule has 0 spiro atoms. The zero-order valence-electron chi connectivity index (χ0n) is 8.74. The highest BCUT2D eigenvalue weighted by molar-refractivity contribution is 4.66. The molecule has 1 rings (SSSR count). The van der Waals surface area contributed by atoms with Crippen LogP contribution in [0.2, 0.25) is 0 Å². The average Bonchev–Trinajstić information content (AvgIpc) is 2.25. The van der Waals surface area contributed by atoms with E-state index in [1.807, 2.05) is 0 Å². The first-order valence-electron chi connectivity index (χ1n) is 5.04. The van der Waals surface area contributed by atoms with E-state index in [1.165, 1.54) is 0 Å². The van der Waals surface area contributed by atoms with Crippen molar-refractivity contribution >= 4 is 0 Å². The van der Waals surface area contributed by atoms with E-state index < -0.39 is 0 Å². The maximum absolute atomic E-state index is 8.66. The minimum Gasteiger partial charge on any atom is -0.395 e. The van der Waals surface area contributed by atoms with Crippen LogP contribution in [0.25, 0.3) is 0 Å². The molecule has 84 valence electrons. The van der Waals surface area contributed by atoms with Crippen molar-refractivity contribution in [3.8, 4) is 0 Å². The summed E-state index contributed by atoms with van der Waals surface area (Å²) in [6.45, 7) is 5.08. The van der Waals surface area contributed by atoms with Crippen LogP contribution in [0.1, 0.15) is 0 Å². The van der Waals surface area contributed by atoms with E-state index in [9.17, 15) is 0 Å². The summed E-state index contributed by atoms with van der Waals surface area (Å²) in [5.41, 5.74) is 0. The average molecular weight is 204 g/mol. The van der Waals surface area contributed by atoms with Crippen molar-refractivity contribution in [1.29, 1.82) is 0 Å². The van der Waals surface area contributed by atoms with Crippen LogP contribution in [0.3, 0.4) is 0 Å². The number of ether oxygens (including phenoxy) is 2. The van der Waals surface area contributed by atoms with Crippen molar-refractivity contribution in [1.82, 2.24) is 10.2 Å². The minimum absolute atomic E-state index is 0.000231. The van der Waals surface area contributed by atoms with Crippen LogP contribution in [0.5, 0.6) is 0 Å². The predicted octanol–water partition coefficient (Wildman–Crippen LogP) is -1.13. The largest absolute Gasteiger partial charge is 0.395 e. The summed E-state index contributed by atoms with van der Waals surface area (Å²) in [6.07, 6.45) is 0.000231. The van der Waals surface area contributed by atoms with Gasteiger partial charge >= 0.3 is 0 Å². The fraction of sp³-hybridized carbons (Fsp3) is 1.00. The third-order valence-corrected chi connectivity index (χ3v) is 2.30. The van der Waals surface area contributed by atoms with Crippen LogP contribution in [0.15, 0.2) is 0 Å². The molecule has 1 aliphatic heterocycles. The van der Waals surface area contributed by atoms with E-state index >= 15 is 0 Å². The standard InChI is InChI=1S/C9H20N2O3/c1-13-9(10-2-5-12)8-11-3-6-14-7-4-11/h9-10,12H,2-8H2,1H3. The van der Waals surface area contributed by atoms with Crippen LogP contribution in [0, 0.1) is 0 Å². The Balaban J connectivity index is 2.16. The summed E-state index contributed by atoms with van der Waals surface area (Å²) in [5, 5.41) is 11.8. The van der Waals surface area contributed by atoms with Crippen LogP contribution in [0.4, 0.5) is 0 Å². The van der Waals surface area contributed by atoms with E-state index in [0.29, 0.717) is 6.54 Å². The monoisotopic (exact) mass is 204 g/mol. The van der Waals surface area contributed by atoms with Crippen molar-refractivity contribution in [2.45, 2.75) is 6.23 Å². The summed E-state index contributed by atoms with van der Waals surface area (Å²) in [7, 11) is 1.68. The highest BCUT2D eigenvalue weighted by Crippen LogP contribution is 1.98. The molecule has 1 heterocycles. The Labute approximate surface area is 85.0 Å². The molecular weight excluding hydrogens is 184 g/mol. The Morgan fingerprint density at radius 3 is 2.79 bits per heavy atom. The molecule has 0 aromatic carbocycles. The first-order chi connectivity index (χ1) is 6.86. The van der Waals surface area contributed by atoms with E-state index in [-0.39, 0.29) is 12.8 Å². The second-order valence-electron chi connectivity index (χ2n) is 3.32. The maximum Gasteiger partial charge on any atom is 0.120 e. The van der Waals surface area contributed by atoms with Gasteiger partial charge in [0, 0.05) is 33.3 Å². The summed E-state index contributed by atoms with van der Waals surface area (Å²) >= 11 is 0. The van der Waals surface area contributed by atoms with Gasteiger partial charge in [-0.2, -0.15) is 0 Å². The van der Waals surface area contributed by atoms with E-state index in [0.717, 1.165) is 32.8 Å². The van der Waals surface area contributed by atoms with Gasteiger partial charge in [-0.05, 0) is 0 Å². The van der Waals surface area contributed by atoms with Crippen LogP contribution in [-0.4, -0.2) is 69.3 Å². The van der Waals surface area contributed by atoms with Gasteiger partial charge in [0.2, 0.25) is 0 Å². The Bertz CT molecular complexity index is 140. The summed E-state index contributed by atoms with van der Waals surface area (Å²) in [6, 6.07) is 0. The zero-order valence-corrected chi connectivity index (χ0v) is 8.74. The van der Waals surface area contributed by atoms with Gasteiger partial charge in [-0.3, -0.25) is 10.2 Å². The molecule has 0 saturated carbocycles. The van der Waals surface area contributed by atoms with Gasteiger partial charge in [0.05, 0.1) is 19.8 Å². The quantitative estimate of drug-likeness (QED) is 0.536. The maximum atomic E-state index is 8.66. The highest BCUT2D eigenvalue weighted by Gasteiger charge is 2.15. The molecule has 2 N–H and O–H groups in total. The second kappa shape index (κ2) is 7.14. The van der Waals surface area contributed by atoms with Gasteiger partial charge in [-0.1, -0.05) is 0 Å². The third-order valence-electron chi connectivity index (χ3n) is 2.30. The normalized spacial score (nSPS) is 21.0. The summed E-state index contributed by atoms with van der Waals surface area (Å²) in [5.74, 6) is 0. The van der Waals surface area contributed by atoms with Gasteiger partial charge in [0.1, 0.15) is 6.23 Å². The predicted molar refractivity (Wildman–Crippen MR) is 53.1 cm³/mol. The van der Waals surface area contributed by atoms with E-state index in [1.54, 1.807) is 7.11 Å². The number of aliphatic hydroxyl groups is 1. The number of nitrogens with zero attached hydrogens (tertiary/aromatic N) is 1. The smallest absolute Gasteiger partial charge is 0.120 e. The lowest BCUT2D eigenvalue weighted by atomic mass is 10.4. The lowest BCUT2D eigenvalue weighted by molar-refractivity contribution is -0.00846. The molecule has 0 bridgehead atoms. The molecule has 0 amide bonds. The molecule has 14 heavy (non-hydrogen) atoms. The first kappa shape index (κ1) is 11.9. The number of aliphatic hydroxyl groups excluding tert-OH is 1. The number of hydrogen-bond donors (Lipinski definition) is 2. The minimum atomic E-state index is 0.000231. The van der Waals surface area contributed by atoms with Gasteiger partial charge < -0.3 is 14.6 Å². The molecule has 0 aliphatic carbocycles. The summed E-state index contributed by atoms with van der Waals surface area (Å²) < 4.78 is 10.5. The number of nitrogens with one attached hydrogen (secondary N) is 1. The molecule has 5 nitrogen and oxygen atoms in total. The molecule has 1 saturated heterocycles. The molecule has 5 heteroatoms. The lowest BCUT2D eigenvalue weighted by Gasteiger charge is -2.30. The van der Waals surface area contributed by atoms with Crippen molar-refractivity contribution in [3.05, 3.63) is 0 Å². The van der Waals surface area contributed by atoms with Crippen LogP contribution in [-0.2, 0) is 9.47 Å². The van der Waals surface area contributed by atoms with Gasteiger partial charge in [-0.25, -0.2) is 0 Å². The second-order valence-corrected chi connectivity index (χ2v) is 3.32. The highest BCUT2D eigenvalue weighted by atomic mass is 16.5. The fourth-order valence-corrected chi connectivity index (χ4v) is 1.47. The van der Waals surface area contributed by atoms with Gasteiger partial charge in [-0.15, -0.1) is 0 Å². The van der Waals surface area contributed by atoms with Crippen molar-refractivity contribution in [2.24, 2.45) is 0 Å². The third kappa shape index (κ3) is 4.34. The van der Waals surface area contributed by atoms with Gasteiger partial charge in [0.25, 0.3) is 0 Å². The van der Waals surface area contributed by atoms with Crippen LogP contribution >= 0.6 is 0 Å². The zero-order chi connectivity index (χ0) is 10.2. The SMILES string of the molecule is COC(CN1CCOCC1)NCCO. The molecule has 0 aromatic rings. The number of methoxy groups -OCH3 is 1. The lowest BCUT2D eigenvalue weighted by Crippen LogP contribution is -2.47. The Kier molecular flexibility index (Phi) is 6.05. The Morgan fingerprint density at radius 1 is 1.50 bits per heavy atom. The number of hydrogen-bond acceptors (Lipinski definition) is 5. The topological polar surface area (TPSA) is 54.0 Å². The fourth-order valence-electron chi connectivity index (χ4n) is 1.47. The van der Waals surface area contributed by atoms with Crippen LogP contribution < -0.4 is 5.32 Å². The molecule has 0 aromatic heterocycles. The molecular formula is C9H20N2O3. The van der Waals surface area contributed by atoms with E-state index in [4.69, 9.17) is 14.6 Å². The Hall–Kier alpha value is -0.200. The molecule has 1 aliphatic rings. The molecule has 1 atom stereocenters. The molecule has 1 unspecified atom stereocenters. The van der Waals surface area contributed by atoms with Crippen molar-refractivity contribution < 1.29 is 14.6 Å². The molecule has 1 fully saturated rings. The van der Waals surface area contributed by atoms with E-state index in [2.05, 4.69) is 10.2 Å². The van der Waals surface area contributed by atoms with Gasteiger partial charge in [0.15, 0.2) is 0 Å². The van der Waals surface area contributed by atoms with Crippen molar-refractivity contribution in [3.63, 3.8) is 0 Å². The number of rotatable bonds is 6. The first-order valence-corrected chi connectivity index (χ1v) is 5.04. The molecule has 0 radical (unpaired) electrons. The summed E-state index contributed by atoms with van der Waals surface area (Å²) in [4.78, 5) is 2.29. The Morgan fingerprint density at radius 2 is 2.21 bits per heavy atom. The van der Waals surface area contributed by atoms with Crippen molar-refractivity contribution in [2.75, 3.05) is 53.1 Å².